The number of aryl methyl sites for hydroxylation is 1. The van der Waals surface area contributed by atoms with Gasteiger partial charge in [-0.2, -0.15) is 5.10 Å². The molecule has 0 unspecified atom stereocenters. The van der Waals surface area contributed by atoms with Gasteiger partial charge in [0.05, 0.1) is 17.1 Å². The SMILES string of the molecule is Cc1cc2nc(-c3ccccc3)cc(-c3cccc(F)c3)n2n1. The molecule has 0 fully saturated rings. The average molecular weight is 303 g/mol. The van der Waals surface area contributed by atoms with Gasteiger partial charge in [0.15, 0.2) is 5.65 Å². The van der Waals surface area contributed by atoms with Crippen LogP contribution in [0.5, 0.6) is 0 Å². The molecule has 112 valence electrons. The molecule has 0 N–H and O–H groups in total. The zero-order valence-corrected chi connectivity index (χ0v) is 12.6. The van der Waals surface area contributed by atoms with Crippen LogP contribution in [0, 0.1) is 12.7 Å². The molecule has 0 aliphatic heterocycles. The van der Waals surface area contributed by atoms with Crippen molar-refractivity contribution >= 4 is 5.65 Å². The molecular weight excluding hydrogens is 289 g/mol. The van der Waals surface area contributed by atoms with Crippen molar-refractivity contribution in [3.63, 3.8) is 0 Å². The summed E-state index contributed by atoms with van der Waals surface area (Å²) >= 11 is 0. The van der Waals surface area contributed by atoms with E-state index in [2.05, 4.69) is 10.1 Å². The summed E-state index contributed by atoms with van der Waals surface area (Å²) in [5, 5.41) is 4.49. The standard InChI is InChI=1S/C19H14FN3/c1-13-10-19-21-17(14-6-3-2-4-7-14)12-18(23(19)22-13)15-8-5-9-16(20)11-15/h2-12H,1H3. The average Bonchev–Trinajstić information content (AvgIpc) is 2.95. The maximum atomic E-state index is 13.6. The Morgan fingerprint density at radius 2 is 1.65 bits per heavy atom. The Morgan fingerprint density at radius 1 is 0.870 bits per heavy atom. The molecule has 23 heavy (non-hydrogen) atoms. The highest BCUT2D eigenvalue weighted by atomic mass is 19.1. The molecule has 0 radical (unpaired) electrons. The zero-order chi connectivity index (χ0) is 15.8. The Kier molecular flexibility index (Phi) is 3.15. The molecule has 0 saturated carbocycles. The van der Waals surface area contributed by atoms with E-state index in [4.69, 9.17) is 0 Å². The predicted octanol–water partition coefficient (Wildman–Crippen LogP) is 4.51. The van der Waals surface area contributed by atoms with Crippen LogP contribution in [0.4, 0.5) is 4.39 Å². The summed E-state index contributed by atoms with van der Waals surface area (Å²) in [6.45, 7) is 1.92. The van der Waals surface area contributed by atoms with Gasteiger partial charge in [-0.1, -0.05) is 42.5 Å². The van der Waals surface area contributed by atoms with E-state index in [9.17, 15) is 4.39 Å². The van der Waals surface area contributed by atoms with Crippen molar-refractivity contribution in [1.82, 2.24) is 14.6 Å². The summed E-state index contributed by atoms with van der Waals surface area (Å²) in [7, 11) is 0. The summed E-state index contributed by atoms with van der Waals surface area (Å²) in [4.78, 5) is 4.68. The summed E-state index contributed by atoms with van der Waals surface area (Å²) < 4.78 is 15.4. The number of hydrogen-bond donors (Lipinski definition) is 0. The van der Waals surface area contributed by atoms with Crippen LogP contribution in [0.1, 0.15) is 5.69 Å². The number of fused-ring (bicyclic) bond motifs is 1. The summed E-state index contributed by atoms with van der Waals surface area (Å²) in [6, 6.07) is 20.4. The van der Waals surface area contributed by atoms with Crippen molar-refractivity contribution in [2.45, 2.75) is 6.92 Å². The first-order valence-electron chi connectivity index (χ1n) is 7.39. The van der Waals surface area contributed by atoms with Crippen LogP contribution >= 0.6 is 0 Å². The molecule has 0 atom stereocenters. The van der Waals surface area contributed by atoms with Crippen molar-refractivity contribution < 1.29 is 4.39 Å². The fourth-order valence-corrected chi connectivity index (χ4v) is 2.70. The molecule has 0 saturated heterocycles. The van der Waals surface area contributed by atoms with Gasteiger partial charge in [-0.15, -0.1) is 0 Å². The highest BCUT2D eigenvalue weighted by Gasteiger charge is 2.11. The van der Waals surface area contributed by atoms with Gasteiger partial charge < -0.3 is 0 Å². The van der Waals surface area contributed by atoms with Crippen LogP contribution in [0.2, 0.25) is 0 Å². The Balaban J connectivity index is 2.01. The number of aromatic nitrogens is 3. The van der Waals surface area contributed by atoms with Gasteiger partial charge in [0.2, 0.25) is 0 Å². The Labute approximate surface area is 133 Å². The van der Waals surface area contributed by atoms with Crippen molar-refractivity contribution in [2.75, 3.05) is 0 Å². The summed E-state index contributed by atoms with van der Waals surface area (Å²) in [5.41, 5.74) is 5.09. The molecule has 2 heterocycles. The summed E-state index contributed by atoms with van der Waals surface area (Å²) in [6.07, 6.45) is 0. The smallest absolute Gasteiger partial charge is 0.156 e. The number of rotatable bonds is 2. The van der Waals surface area contributed by atoms with Gasteiger partial charge in [0.1, 0.15) is 5.82 Å². The number of benzene rings is 2. The van der Waals surface area contributed by atoms with Gasteiger partial charge in [-0.05, 0) is 25.1 Å². The van der Waals surface area contributed by atoms with E-state index in [1.165, 1.54) is 12.1 Å². The first kappa shape index (κ1) is 13.6. The van der Waals surface area contributed by atoms with Gasteiger partial charge in [0, 0.05) is 17.2 Å². The molecule has 2 aromatic heterocycles. The Bertz CT molecular complexity index is 990. The number of halogens is 1. The van der Waals surface area contributed by atoms with E-state index >= 15 is 0 Å². The van der Waals surface area contributed by atoms with E-state index in [-0.39, 0.29) is 5.82 Å². The van der Waals surface area contributed by atoms with Crippen LogP contribution in [-0.2, 0) is 0 Å². The van der Waals surface area contributed by atoms with Gasteiger partial charge in [-0.3, -0.25) is 0 Å². The minimum Gasteiger partial charge on any atom is -0.228 e. The first-order valence-corrected chi connectivity index (χ1v) is 7.39. The van der Waals surface area contributed by atoms with Crippen LogP contribution < -0.4 is 0 Å². The molecule has 4 heteroatoms. The van der Waals surface area contributed by atoms with Gasteiger partial charge in [-0.25, -0.2) is 13.9 Å². The molecule has 3 nitrogen and oxygen atoms in total. The van der Waals surface area contributed by atoms with E-state index in [0.29, 0.717) is 0 Å². The lowest BCUT2D eigenvalue weighted by molar-refractivity contribution is 0.628. The van der Waals surface area contributed by atoms with Crippen molar-refractivity contribution in [3.05, 3.63) is 78.2 Å². The lowest BCUT2D eigenvalue weighted by Crippen LogP contribution is -1.98. The van der Waals surface area contributed by atoms with E-state index in [1.807, 2.05) is 55.5 Å². The molecule has 0 aliphatic rings. The highest BCUT2D eigenvalue weighted by Crippen LogP contribution is 2.26. The maximum absolute atomic E-state index is 13.6. The molecule has 0 amide bonds. The van der Waals surface area contributed by atoms with Gasteiger partial charge in [0.25, 0.3) is 0 Å². The molecule has 4 aromatic rings. The molecule has 4 rings (SSSR count). The third-order valence-corrected chi connectivity index (χ3v) is 3.74. The minimum atomic E-state index is -0.266. The Hall–Kier alpha value is -3.01. The largest absolute Gasteiger partial charge is 0.228 e. The third-order valence-electron chi connectivity index (χ3n) is 3.74. The van der Waals surface area contributed by atoms with Crippen LogP contribution in [-0.4, -0.2) is 14.6 Å². The van der Waals surface area contributed by atoms with E-state index in [0.717, 1.165) is 33.9 Å². The van der Waals surface area contributed by atoms with Crippen molar-refractivity contribution in [2.24, 2.45) is 0 Å². The lowest BCUT2D eigenvalue weighted by Gasteiger charge is -2.08. The van der Waals surface area contributed by atoms with E-state index in [1.54, 1.807) is 10.6 Å². The first-order chi connectivity index (χ1) is 11.2. The molecular formula is C19H14FN3. The topological polar surface area (TPSA) is 30.2 Å². The van der Waals surface area contributed by atoms with Gasteiger partial charge >= 0.3 is 0 Å². The number of nitrogens with zero attached hydrogens (tertiary/aromatic N) is 3. The third kappa shape index (κ3) is 2.48. The molecule has 0 bridgehead atoms. The zero-order valence-electron chi connectivity index (χ0n) is 12.6. The highest BCUT2D eigenvalue weighted by molar-refractivity contribution is 5.71. The van der Waals surface area contributed by atoms with Crippen LogP contribution in [0.15, 0.2) is 66.7 Å². The fourth-order valence-electron chi connectivity index (χ4n) is 2.70. The second-order valence-electron chi connectivity index (χ2n) is 5.46. The molecule has 0 aliphatic carbocycles. The van der Waals surface area contributed by atoms with Crippen LogP contribution in [0.3, 0.4) is 0 Å². The minimum absolute atomic E-state index is 0.266. The fraction of sp³-hybridized carbons (Fsp3) is 0.0526. The lowest BCUT2D eigenvalue weighted by atomic mass is 10.1. The van der Waals surface area contributed by atoms with E-state index < -0.39 is 0 Å². The van der Waals surface area contributed by atoms with Crippen molar-refractivity contribution in [3.8, 4) is 22.5 Å². The van der Waals surface area contributed by atoms with Crippen molar-refractivity contribution in [1.29, 1.82) is 0 Å². The Morgan fingerprint density at radius 3 is 2.43 bits per heavy atom. The second kappa shape index (κ2) is 5.32. The summed E-state index contributed by atoms with van der Waals surface area (Å²) in [5.74, 6) is -0.266. The monoisotopic (exact) mass is 303 g/mol. The predicted molar refractivity (Wildman–Crippen MR) is 88.6 cm³/mol. The maximum Gasteiger partial charge on any atom is 0.156 e. The number of hydrogen-bond acceptors (Lipinski definition) is 2. The van der Waals surface area contributed by atoms with Crippen LogP contribution in [0.25, 0.3) is 28.2 Å². The second-order valence-corrected chi connectivity index (χ2v) is 5.46. The quantitative estimate of drug-likeness (QED) is 0.545. The molecule has 0 spiro atoms. The molecule has 2 aromatic carbocycles. The normalized spacial score (nSPS) is 11.0.